The van der Waals surface area contributed by atoms with E-state index in [0.717, 1.165) is 38.4 Å². The molecule has 2 aliphatic carbocycles. The average Bonchev–Trinajstić information content (AvgIpc) is 3.01. The number of nitrogens with zero attached hydrogens (tertiary/aromatic N) is 2. The molecule has 1 aromatic rings. The molecule has 0 aromatic carbocycles. The Balaban J connectivity index is 1.47. The van der Waals surface area contributed by atoms with Gasteiger partial charge in [0, 0.05) is 49.7 Å². The standard InChI is InChI=1S/C19H31N3O2/c1-3-22-11-10-20-18(22)17-14(7-5-12-24-17)21-15-13-16(23-4-2)19(15)8-6-9-19/h10-11,14-17,21H,3-9,12-13H2,1-2H3/t14-,15-,16-,17-/m0/s1. The maximum absolute atomic E-state index is 6.16. The van der Waals surface area contributed by atoms with Crippen molar-refractivity contribution in [2.24, 2.45) is 5.41 Å². The van der Waals surface area contributed by atoms with Gasteiger partial charge >= 0.3 is 0 Å². The quantitative estimate of drug-likeness (QED) is 0.869. The van der Waals surface area contributed by atoms with Crippen molar-refractivity contribution in [2.45, 2.75) is 83.2 Å². The third-order valence-electron chi connectivity index (χ3n) is 6.52. The lowest BCUT2D eigenvalue weighted by Crippen LogP contribution is -2.68. The maximum atomic E-state index is 6.16. The van der Waals surface area contributed by atoms with Crippen LogP contribution in [0.3, 0.4) is 0 Å². The van der Waals surface area contributed by atoms with Crippen LogP contribution in [0.25, 0.3) is 0 Å². The molecule has 0 radical (unpaired) electrons. The summed E-state index contributed by atoms with van der Waals surface area (Å²) in [5.74, 6) is 1.08. The molecule has 2 saturated carbocycles. The molecule has 3 aliphatic rings. The molecule has 1 aromatic heterocycles. The molecule has 0 unspecified atom stereocenters. The van der Waals surface area contributed by atoms with Gasteiger partial charge in [-0.2, -0.15) is 0 Å². The molecule has 2 heterocycles. The van der Waals surface area contributed by atoms with Crippen LogP contribution in [0, 0.1) is 5.41 Å². The maximum Gasteiger partial charge on any atom is 0.139 e. The van der Waals surface area contributed by atoms with Gasteiger partial charge in [0.25, 0.3) is 0 Å². The minimum atomic E-state index is 0.0805. The van der Waals surface area contributed by atoms with Gasteiger partial charge < -0.3 is 19.4 Å². The second-order valence-electron chi connectivity index (χ2n) is 7.60. The van der Waals surface area contributed by atoms with E-state index in [1.54, 1.807) is 0 Å². The van der Waals surface area contributed by atoms with Gasteiger partial charge in [-0.05, 0) is 46.0 Å². The summed E-state index contributed by atoms with van der Waals surface area (Å²) in [6.45, 7) is 6.90. The van der Waals surface area contributed by atoms with Crippen LogP contribution in [-0.4, -0.2) is 41.0 Å². The first kappa shape index (κ1) is 16.6. The van der Waals surface area contributed by atoms with E-state index >= 15 is 0 Å². The number of aryl methyl sites for hydroxylation is 1. The summed E-state index contributed by atoms with van der Waals surface area (Å²) in [5.41, 5.74) is 0.401. The number of rotatable bonds is 6. The van der Waals surface area contributed by atoms with E-state index in [0.29, 0.717) is 23.6 Å². The number of hydrogen-bond donors (Lipinski definition) is 1. The van der Waals surface area contributed by atoms with Crippen molar-refractivity contribution < 1.29 is 9.47 Å². The lowest BCUT2D eigenvalue weighted by molar-refractivity contribution is -0.179. The molecule has 1 spiro atoms. The van der Waals surface area contributed by atoms with Gasteiger partial charge in [0.05, 0.1) is 6.10 Å². The molecule has 3 fully saturated rings. The molecule has 1 saturated heterocycles. The fraction of sp³-hybridized carbons (Fsp3) is 0.842. The Morgan fingerprint density at radius 3 is 2.96 bits per heavy atom. The van der Waals surface area contributed by atoms with Crippen LogP contribution in [0.1, 0.15) is 64.3 Å². The predicted molar refractivity (Wildman–Crippen MR) is 92.9 cm³/mol. The zero-order valence-corrected chi connectivity index (χ0v) is 15.0. The molecule has 134 valence electrons. The first-order chi connectivity index (χ1) is 11.8. The van der Waals surface area contributed by atoms with Gasteiger partial charge in [0.2, 0.25) is 0 Å². The molecule has 4 rings (SSSR count). The highest BCUT2D eigenvalue weighted by atomic mass is 16.5. The Kier molecular flexibility index (Phi) is 4.67. The number of ether oxygens (including phenoxy) is 2. The van der Waals surface area contributed by atoms with Gasteiger partial charge in [-0.3, -0.25) is 0 Å². The molecule has 5 heteroatoms. The zero-order chi connectivity index (χ0) is 16.6. The number of imidazole rings is 1. The molecule has 1 aliphatic heterocycles. The summed E-state index contributed by atoms with van der Waals surface area (Å²) in [5, 5.41) is 3.97. The van der Waals surface area contributed by atoms with Gasteiger partial charge in [-0.25, -0.2) is 4.98 Å². The average molecular weight is 333 g/mol. The molecule has 24 heavy (non-hydrogen) atoms. The van der Waals surface area contributed by atoms with E-state index < -0.39 is 0 Å². The zero-order valence-electron chi connectivity index (χ0n) is 15.0. The topological polar surface area (TPSA) is 48.3 Å². The molecule has 5 nitrogen and oxygen atoms in total. The SMILES string of the molecule is CCO[C@H]1C[C@H](N[C@H]2CCCO[C@@H]2c2nccn2CC)C12CCC2. The van der Waals surface area contributed by atoms with Crippen LogP contribution in [0.5, 0.6) is 0 Å². The molecular formula is C19H31N3O2. The van der Waals surface area contributed by atoms with E-state index in [1.807, 2.05) is 6.20 Å². The van der Waals surface area contributed by atoms with Gasteiger partial charge in [0.15, 0.2) is 0 Å². The van der Waals surface area contributed by atoms with E-state index in [2.05, 4.69) is 34.9 Å². The lowest BCUT2D eigenvalue weighted by atomic mass is 9.51. The highest BCUT2D eigenvalue weighted by Gasteiger charge is 2.59. The van der Waals surface area contributed by atoms with Crippen molar-refractivity contribution in [1.29, 1.82) is 0 Å². The van der Waals surface area contributed by atoms with E-state index in [1.165, 1.54) is 25.7 Å². The van der Waals surface area contributed by atoms with Gasteiger partial charge in [-0.1, -0.05) is 6.42 Å². The summed E-state index contributed by atoms with van der Waals surface area (Å²) in [6.07, 6.45) is 12.0. The molecule has 0 bridgehead atoms. The Morgan fingerprint density at radius 1 is 1.38 bits per heavy atom. The summed E-state index contributed by atoms with van der Waals surface area (Å²) >= 11 is 0. The molecular weight excluding hydrogens is 302 g/mol. The monoisotopic (exact) mass is 333 g/mol. The predicted octanol–water partition coefficient (Wildman–Crippen LogP) is 3.06. The lowest BCUT2D eigenvalue weighted by Gasteiger charge is -2.62. The second kappa shape index (κ2) is 6.77. The van der Waals surface area contributed by atoms with E-state index in [4.69, 9.17) is 9.47 Å². The second-order valence-corrected chi connectivity index (χ2v) is 7.60. The van der Waals surface area contributed by atoms with Crippen LogP contribution in [0.4, 0.5) is 0 Å². The Hall–Kier alpha value is -0.910. The summed E-state index contributed by atoms with van der Waals surface area (Å²) in [6, 6.07) is 0.957. The third kappa shape index (κ3) is 2.61. The first-order valence-corrected chi connectivity index (χ1v) is 9.78. The fourth-order valence-electron chi connectivity index (χ4n) is 4.98. The van der Waals surface area contributed by atoms with E-state index in [9.17, 15) is 0 Å². The molecule has 0 amide bonds. The van der Waals surface area contributed by atoms with Gasteiger partial charge in [-0.15, -0.1) is 0 Å². The van der Waals surface area contributed by atoms with Crippen molar-refractivity contribution in [2.75, 3.05) is 13.2 Å². The number of aromatic nitrogens is 2. The van der Waals surface area contributed by atoms with Gasteiger partial charge in [0.1, 0.15) is 11.9 Å². The van der Waals surface area contributed by atoms with Crippen LogP contribution >= 0.6 is 0 Å². The highest BCUT2D eigenvalue weighted by Crippen LogP contribution is 2.57. The third-order valence-corrected chi connectivity index (χ3v) is 6.52. The minimum Gasteiger partial charge on any atom is -0.378 e. The number of nitrogens with one attached hydrogen (secondary N) is 1. The van der Waals surface area contributed by atoms with Crippen LogP contribution < -0.4 is 5.32 Å². The van der Waals surface area contributed by atoms with Crippen LogP contribution in [0.2, 0.25) is 0 Å². The fourth-order valence-corrected chi connectivity index (χ4v) is 4.98. The first-order valence-electron chi connectivity index (χ1n) is 9.78. The Bertz CT molecular complexity index is 555. The smallest absolute Gasteiger partial charge is 0.139 e. The van der Waals surface area contributed by atoms with Crippen molar-refractivity contribution >= 4 is 0 Å². The van der Waals surface area contributed by atoms with Crippen molar-refractivity contribution in [3.63, 3.8) is 0 Å². The Labute approximate surface area is 145 Å². The summed E-state index contributed by atoms with van der Waals surface area (Å²) in [4.78, 5) is 4.60. The van der Waals surface area contributed by atoms with Crippen molar-refractivity contribution in [1.82, 2.24) is 14.9 Å². The largest absolute Gasteiger partial charge is 0.378 e. The van der Waals surface area contributed by atoms with E-state index in [-0.39, 0.29) is 6.10 Å². The Morgan fingerprint density at radius 2 is 2.25 bits per heavy atom. The van der Waals surface area contributed by atoms with Crippen LogP contribution in [0.15, 0.2) is 12.4 Å². The normalized spacial score (nSPS) is 34.8. The van der Waals surface area contributed by atoms with Crippen LogP contribution in [-0.2, 0) is 16.0 Å². The summed E-state index contributed by atoms with van der Waals surface area (Å²) in [7, 11) is 0. The minimum absolute atomic E-state index is 0.0805. The highest BCUT2D eigenvalue weighted by molar-refractivity contribution is 5.14. The van der Waals surface area contributed by atoms with Crippen molar-refractivity contribution in [3.05, 3.63) is 18.2 Å². The molecule has 1 N–H and O–H groups in total. The number of hydrogen-bond acceptors (Lipinski definition) is 4. The molecule has 4 atom stereocenters. The summed E-state index contributed by atoms with van der Waals surface area (Å²) < 4.78 is 14.4. The van der Waals surface area contributed by atoms with Crippen molar-refractivity contribution in [3.8, 4) is 0 Å².